The summed E-state index contributed by atoms with van der Waals surface area (Å²) in [5.41, 5.74) is 4.43. The Morgan fingerprint density at radius 1 is 1.10 bits per heavy atom. The molecule has 0 fully saturated rings. The van der Waals surface area contributed by atoms with E-state index in [0.29, 0.717) is 16.0 Å². The van der Waals surface area contributed by atoms with Gasteiger partial charge in [0.1, 0.15) is 17.2 Å². The van der Waals surface area contributed by atoms with Crippen LogP contribution in [0, 0.1) is 16.7 Å². The Morgan fingerprint density at radius 3 is 2.56 bits per heavy atom. The Bertz CT molecular complexity index is 1800. The van der Waals surface area contributed by atoms with Gasteiger partial charge in [-0.1, -0.05) is 27.7 Å². The molecule has 3 aromatic heterocycles. The number of carbonyl (C=O) groups is 1. The van der Waals surface area contributed by atoms with Crippen molar-refractivity contribution in [3.05, 3.63) is 68.4 Å². The van der Waals surface area contributed by atoms with Crippen LogP contribution in [0.5, 0.6) is 0 Å². The second-order valence-corrected chi connectivity index (χ2v) is 14.1. The molecule has 4 aromatic rings. The van der Waals surface area contributed by atoms with Crippen molar-refractivity contribution in [2.75, 3.05) is 18.0 Å². The highest BCUT2D eigenvalue weighted by atomic mass is 32.1. The van der Waals surface area contributed by atoms with Crippen molar-refractivity contribution in [1.29, 1.82) is 5.26 Å². The van der Waals surface area contributed by atoms with E-state index in [0.717, 1.165) is 51.5 Å². The van der Waals surface area contributed by atoms with Gasteiger partial charge in [-0.15, -0.1) is 22.7 Å². The summed E-state index contributed by atoms with van der Waals surface area (Å²) in [5.74, 6) is -1.25. The predicted molar refractivity (Wildman–Crippen MR) is 158 cm³/mol. The van der Waals surface area contributed by atoms with Gasteiger partial charge in [0.05, 0.1) is 5.56 Å². The first-order chi connectivity index (χ1) is 18.5. The van der Waals surface area contributed by atoms with Crippen molar-refractivity contribution < 1.29 is 14.3 Å². The zero-order chi connectivity index (χ0) is 27.7. The number of thiophene rings is 2. The molecule has 0 aliphatic carbocycles. The molecule has 6 nitrogen and oxygen atoms in total. The van der Waals surface area contributed by atoms with Crippen LogP contribution in [0.4, 0.5) is 5.69 Å². The van der Waals surface area contributed by atoms with E-state index in [1.807, 2.05) is 24.3 Å². The van der Waals surface area contributed by atoms with Crippen molar-refractivity contribution in [2.45, 2.75) is 46.0 Å². The van der Waals surface area contributed by atoms with E-state index in [2.05, 4.69) is 38.7 Å². The van der Waals surface area contributed by atoms with Crippen molar-refractivity contribution in [2.24, 2.45) is 5.41 Å². The minimum atomic E-state index is -1.25. The summed E-state index contributed by atoms with van der Waals surface area (Å²) >= 11 is 2.90. The van der Waals surface area contributed by atoms with Gasteiger partial charge < -0.3 is 14.4 Å². The lowest BCUT2D eigenvalue weighted by Crippen LogP contribution is -2.46. The van der Waals surface area contributed by atoms with Crippen LogP contribution in [0.15, 0.2) is 51.2 Å². The SMILES string of the molecule is CC1(C)Cc2cc3cc(-c4ccc(-c5ccc(/C=C(/C#N)C(=O)O)s5)s4)c(=O)oc3c3c2N(CCC3(C)C)C1. The van der Waals surface area contributed by atoms with E-state index in [1.54, 1.807) is 12.1 Å². The third-order valence-electron chi connectivity index (χ3n) is 7.74. The largest absolute Gasteiger partial charge is 0.477 e. The maximum absolute atomic E-state index is 13.4. The van der Waals surface area contributed by atoms with Gasteiger partial charge in [0.25, 0.3) is 0 Å². The first kappa shape index (κ1) is 25.6. The molecule has 5 heterocycles. The fourth-order valence-electron chi connectivity index (χ4n) is 5.97. The molecule has 0 saturated heterocycles. The lowest BCUT2D eigenvalue weighted by Gasteiger charge is -2.48. The van der Waals surface area contributed by atoms with Gasteiger partial charge in [0.15, 0.2) is 0 Å². The van der Waals surface area contributed by atoms with E-state index >= 15 is 0 Å². The average Bonchev–Trinajstić information content (AvgIpc) is 3.53. The Balaban J connectivity index is 1.44. The Morgan fingerprint density at radius 2 is 1.82 bits per heavy atom. The number of hydrogen-bond acceptors (Lipinski definition) is 7. The third kappa shape index (κ3) is 4.40. The lowest BCUT2D eigenvalue weighted by molar-refractivity contribution is -0.132. The molecule has 2 aliphatic rings. The van der Waals surface area contributed by atoms with E-state index in [-0.39, 0.29) is 22.0 Å². The zero-order valence-electron chi connectivity index (χ0n) is 22.3. The second-order valence-electron chi connectivity index (χ2n) is 11.9. The first-order valence-electron chi connectivity index (χ1n) is 12.9. The molecule has 2 aliphatic heterocycles. The zero-order valence-corrected chi connectivity index (χ0v) is 23.9. The third-order valence-corrected chi connectivity index (χ3v) is 10.1. The van der Waals surface area contributed by atoms with Crippen LogP contribution in [0.25, 0.3) is 37.2 Å². The molecular weight excluding hydrogens is 528 g/mol. The number of benzene rings is 1. The highest BCUT2D eigenvalue weighted by Gasteiger charge is 2.41. The number of carboxylic acids is 1. The van der Waals surface area contributed by atoms with E-state index in [1.165, 1.54) is 40.0 Å². The van der Waals surface area contributed by atoms with Crippen molar-refractivity contribution in [1.82, 2.24) is 0 Å². The molecule has 0 radical (unpaired) electrons. The fourth-order valence-corrected chi connectivity index (χ4v) is 8.02. The van der Waals surface area contributed by atoms with Crippen LogP contribution < -0.4 is 10.5 Å². The van der Waals surface area contributed by atoms with Gasteiger partial charge in [0, 0.05) is 49.2 Å². The Kier molecular flexibility index (Phi) is 5.87. The van der Waals surface area contributed by atoms with Crippen molar-refractivity contribution in [3.8, 4) is 26.3 Å². The van der Waals surface area contributed by atoms with Crippen LogP contribution in [-0.2, 0) is 16.6 Å². The molecule has 39 heavy (non-hydrogen) atoms. The standard InChI is InChI=1S/C31H28N2O4S2/c1-30(2)14-18-11-17-13-21(29(36)37-27(17)25-26(18)33(16-30)10-9-31(25,3)4)22-7-8-24(39-22)23-6-5-20(38-23)12-19(15-32)28(34)35/h5-8,11-13H,9-10,14,16H2,1-4H3,(H,34,35)/b19-12-. The summed E-state index contributed by atoms with van der Waals surface area (Å²) < 4.78 is 6.14. The van der Waals surface area contributed by atoms with E-state index in [4.69, 9.17) is 14.8 Å². The summed E-state index contributed by atoms with van der Waals surface area (Å²) in [6, 6.07) is 13.5. The van der Waals surface area contributed by atoms with Gasteiger partial charge in [-0.05, 0) is 71.7 Å². The quantitative estimate of drug-likeness (QED) is 0.161. The molecule has 1 aromatic carbocycles. The first-order valence-corrected chi connectivity index (χ1v) is 14.5. The molecule has 0 spiro atoms. The molecule has 0 bridgehead atoms. The minimum absolute atomic E-state index is 0.0908. The van der Waals surface area contributed by atoms with Gasteiger partial charge in [0.2, 0.25) is 0 Å². The minimum Gasteiger partial charge on any atom is -0.477 e. The van der Waals surface area contributed by atoms with Crippen LogP contribution in [-0.4, -0.2) is 24.2 Å². The van der Waals surface area contributed by atoms with Crippen molar-refractivity contribution >= 4 is 51.4 Å². The predicted octanol–water partition coefficient (Wildman–Crippen LogP) is 7.31. The van der Waals surface area contributed by atoms with E-state index < -0.39 is 5.97 Å². The molecular formula is C31H28N2O4S2. The Hall–Kier alpha value is -3.67. The molecule has 1 N–H and O–H groups in total. The normalized spacial score (nSPS) is 17.6. The molecule has 0 unspecified atom stereocenters. The fraction of sp³-hybridized carbons (Fsp3) is 0.323. The summed E-state index contributed by atoms with van der Waals surface area (Å²) in [5, 5.41) is 19.1. The number of hydrogen-bond donors (Lipinski definition) is 1. The average molecular weight is 557 g/mol. The monoisotopic (exact) mass is 556 g/mol. The molecule has 0 atom stereocenters. The summed E-state index contributed by atoms with van der Waals surface area (Å²) in [7, 11) is 0. The molecule has 8 heteroatoms. The van der Waals surface area contributed by atoms with Gasteiger partial charge >= 0.3 is 11.6 Å². The number of carboxylic acid groups (broad SMARTS) is 1. The van der Waals surface area contributed by atoms with Crippen LogP contribution >= 0.6 is 22.7 Å². The number of nitriles is 1. The van der Waals surface area contributed by atoms with Crippen molar-refractivity contribution in [3.63, 3.8) is 0 Å². The highest BCUT2D eigenvalue weighted by Crippen LogP contribution is 2.50. The summed E-state index contributed by atoms with van der Waals surface area (Å²) in [6.45, 7) is 11.1. The number of nitrogens with zero attached hydrogens (tertiary/aromatic N) is 2. The molecule has 0 saturated carbocycles. The lowest BCUT2D eigenvalue weighted by atomic mass is 9.71. The smallest absolute Gasteiger partial charge is 0.346 e. The number of aliphatic carboxylic acids is 1. The van der Waals surface area contributed by atoms with Crippen LogP contribution in [0.1, 0.15) is 50.1 Å². The van der Waals surface area contributed by atoms with Crippen LogP contribution in [0.2, 0.25) is 0 Å². The molecule has 198 valence electrons. The maximum atomic E-state index is 13.4. The maximum Gasteiger partial charge on any atom is 0.346 e. The molecule has 6 rings (SSSR count). The Labute approximate surface area is 234 Å². The van der Waals surface area contributed by atoms with Gasteiger partial charge in [-0.3, -0.25) is 0 Å². The summed E-state index contributed by atoms with van der Waals surface area (Å²) in [6.07, 6.45) is 3.37. The van der Waals surface area contributed by atoms with Gasteiger partial charge in [-0.2, -0.15) is 5.26 Å². The molecule has 0 amide bonds. The van der Waals surface area contributed by atoms with Gasteiger partial charge in [-0.25, -0.2) is 9.59 Å². The van der Waals surface area contributed by atoms with E-state index in [9.17, 15) is 9.59 Å². The highest BCUT2D eigenvalue weighted by molar-refractivity contribution is 7.24. The van der Waals surface area contributed by atoms with Crippen LogP contribution in [0.3, 0.4) is 0 Å². The number of rotatable bonds is 4. The second kappa shape index (κ2) is 8.94. The number of anilines is 1. The summed E-state index contributed by atoms with van der Waals surface area (Å²) in [4.78, 5) is 30.5. The topological polar surface area (TPSA) is 94.5 Å². The number of fused-ring (bicyclic) bond motifs is 2.